The lowest BCUT2D eigenvalue weighted by Gasteiger charge is -2.42. The van der Waals surface area contributed by atoms with E-state index in [-0.39, 0.29) is 17.5 Å². The highest BCUT2D eigenvalue weighted by Crippen LogP contribution is 2.29. The van der Waals surface area contributed by atoms with Crippen molar-refractivity contribution in [2.75, 3.05) is 34.8 Å². The van der Waals surface area contributed by atoms with Gasteiger partial charge in [0, 0.05) is 37.1 Å². The molecule has 1 aliphatic heterocycles. The Morgan fingerprint density at radius 3 is 2.61 bits per heavy atom. The summed E-state index contributed by atoms with van der Waals surface area (Å²) < 4.78 is 0. The van der Waals surface area contributed by atoms with Crippen LogP contribution in [0.15, 0.2) is 60.0 Å². The highest BCUT2D eigenvalue weighted by Gasteiger charge is 2.27. The van der Waals surface area contributed by atoms with Crippen molar-refractivity contribution in [2.45, 2.75) is 19.9 Å². The quantitative estimate of drug-likeness (QED) is 0.607. The van der Waals surface area contributed by atoms with Crippen LogP contribution < -0.4 is 15.1 Å². The molecule has 1 aromatic heterocycles. The Bertz CT molecular complexity index is 1100. The number of rotatable bonds is 5. The topological polar surface area (TPSA) is 72.9 Å². The first-order valence-electron chi connectivity index (χ1n) is 10.2. The normalized spacial score (nSPS) is 16.3. The minimum atomic E-state index is -1.00. The molecule has 0 spiro atoms. The summed E-state index contributed by atoms with van der Waals surface area (Å²) in [5.74, 6) is -1.24. The third-order valence-electron chi connectivity index (χ3n) is 5.53. The van der Waals surface area contributed by atoms with Crippen LogP contribution in [0.4, 0.5) is 17.1 Å². The number of carbonyl (C=O) groups excluding carboxylic acids is 1. The summed E-state index contributed by atoms with van der Waals surface area (Å²) in [5.41, 5.74) is 3.77. The van der Waals surface area contributed by atoms with Crippen molar-refractivity contribution in [3.05, 3.63) is 76.0 Å². The number of benzene rings is 2. The maximum atomic E-state index is 12.3. The van der Waals surface area contributed by atoms with E-state index in [0.717, 1.165) is 19.6 Å². The Morgan fingerprint density at radius 2 is 1.94 bits per heavy atom. The molecule has 0 radical (unpaired) electrons. The van der Waals surface area contributed by atoms with Gasteiger partial charge < -0.3 is 20.2 Å². The Morgan fingerprint density at radius 1 is 1.10 bits per heavy atom. The van der Waals surface area contributed by atoms with Gasteiger partial charge in [-0.1, -0.05) is 18.2 Å². The van der Waals surface area contributed by atoms with Crippen LogP contribution in [0, 0.1) is 6.92 Å². The van der Waals surface area contributed by atoms with Crippen LogP contribution in [-0.4, -0.2) is 42.7 Å². The minimum Gasteiger partial charge on any atom is -0.478 e. The van der Waals surface area contributed by atoms with Crippen LogP contribution >= 0.6 is 11.3 Å². The van der Waals surface area contributed by atoms with Gasteiger partial charge in [0.25, 0.3) is 5.91 Å². The lowest BCUT2D eigenvalue weighted by atomic mass is 10.1. The van der Waals surface area contributed by atoms with E-state index in [4.69, 9.17) is 0 Å². The number of nitrogens with zero attached hydrogens (tertiary/aromatic N) is 2. The zero-order chi connectivity index (χ0) is 22.0. The molecule has 2 aromatic carbocycles. The maximum Gasteiger partial charge on any atom is 0.337 e. The number of piperazine rings is 1. The lowest BCUT2D eigenvalue weighted by molar-refractivity contribution is 0.0697. The molecular formula is C24H25N3O3S. The summed E-state index contributed by atoms with van der Waals surface area (Å²) >= 11 is 1.34. The van der Waals surface area contributed by atoms with Gasteiger partial charge in [-0.05, 0) is 61.2 Å². The smallest absolute Gasteiger partial charge is 0.337 e. The molecule has 1 aliphatic rings. The fourth-order valence-corrected chi connectivity index (χ4v) is 4.65. The van der Waals surface area contributed by atoms with Crippen molar-refractivity contribution < 1.29 is 14.7 Å². The molecule has 1 amide bonds. The Labute approximate surface area is 185 Å². The first kappa shape index (κ1) is 20.9. The summed E-state index contributed by atoms with van der Waals surface area (Å²) in [6.45, 7) is 6.49. The molecule has 2 heterocycles. The Hall–Kier alpha value is -3.32. The molecule has 0 unspecified atom stereocenters. The Kier molecular flexibility index (Phi) is 5.95. The van der Waals surface area contributed by atoms with Gasteiger partial charge in [-0.3, -0.25) is 4.79 Å². The molecule has 0 bridgehead atoms. The summed E-state index contributed by atoms with van der Waals surface area (Å²) in [7, 11) is 0. The maximum absolute atomic E-state index is 12.3. The molecule has 1 saturated heterocycles. The van der Waals surface area contributed by atoms with Crippen LogP contribution in [0.5, 0.6) is 0 Å². The molecular weight excluding hydrogens is 410 g/mol. The van der Waals surface area contributed by atoms with E-state index in [0.29, 0.717) is 16.3 Å². The predicted molar refractivity (Wildman–Crippen MR) is 126 cm³/mol. The van der Waals surface area contributed by atoms with Crippen molar-refractivity contribution in [1.82, 2.24) is 0 Å². The highest BCUT2D eigenvalue weighted by atomic mass is 32.1. The Balaban J connectivity index is 1.52. The summed E-state index contributed by atoms with van der Waals surface area (Å²) in [5, 5.41) is 14.4. The molecule has 7 heteroatoms. The molecule has 1 atom stereocenters. The number of carbonyl (C=O) groups is 2. The summed E-state index contributed by atoms with van der Waals surface area (Å²) in [6, 6.07) is 17.3. The first-order valence-corrected chi connectivity index (χ1v) is 11.1. The number of aromatic carboxylic acids is 1. The zero-order valence-electron chi connectivity index (χ0n) is 17.5. The second kappa shape index (κ2) is 8.81. The van der Waals surface area contributed by atoms with Gasteiger partial charge in [0.2, 0.25) is 0 Å². The van der Waals surface area contributed by atoms with Crippen molar-refractivity contribution in [3.8, 4) is 0 Å². The van der Waals surface area contributed by atoms with Crippen LogP contribution in [0.1, 0.15) is 32.5 Å². The SMILES string of the molecule is Cc1cccc(N2CCN(c3ccc(NC(=O)c4cccs4)cc3C(=O)O)C[C@H]2C)c1. The monoisotopic (exact) mass is 435 g/mol. The van der Waals surface area contributed by atoms with Crippen molar-refractivity contribution >= 4 is 40.3 Å². The lowest BCUT2D eigenvalue weighted by Crippen LogP contribution is -2.52. The molecule has 0 saturated carbocycles. The molecule has 2 N–H and O–H groups in total. The zero-order valence-corrected chi connectivity index (χ0v) is 18.4. The van der Waals surface area contributed by atoms with Crippen molar-refractivity contribution in [3.63, 3.8) is 0 Å². The van der Waals surface area contributed by atoms with Crippen molar-refractivity contribution in [1.29, 1.82) is 0 Å². The second-order valence-corrected chi connectivity index (χ2v) is 8.74. The minimum absolute atomic E-state index is 0.195. The molecule has 31 heavy (non-hydrogen) atoms. The standard InChI is InChI=1S/C24H25N3O3S/c1-16-5-3-6-19(13-16)27-11-10-26(15-17(27)2)21-9-8-18(14-20(21)24(29)30)25-23(28)22-7-4-12-31-22/h3-9,12-14,17H,10-11,15H2,1-2H3,(H,25,28)(H,29,30)/t17-/m1/s1. The van der Waals surface area contributed by atoms with E-state index < -0.39 is 5.97 Å². The molecule has 6 nitrogen and oxygen atoms in total. The van der Waals surface area contributed by atoms with Gasteiger partial charge in [0.15, 0.2) is 0 Å². The number of hydrogen-bond acceptors (Lipinski definition) is 5. The van der Waals surface area contributed by atoms with E-state index in [1.54, 1.807) is 24.3 Å². The van der Waals surface area contributed by atoms with Crippen LogP contribution in [0.3, 0.4) is 0 Å². The number of thiophene rings is 1. The largest absolute Gasteiger partial charge is 0.478 e. The second-order valence-electron chi connectivity index (χ2n) is 7.80. The van der Waals surface area contributed by atoms with Gasteiger partial charge in [-0.15, -0.1) is 11.3 Å². The van der Waals surface area contributed by atoms with Crippen LogP contribution in [-0.2, 0) is 0 Å². The number of amides is 1. The highest BCUT2D eigenvalue weighted by molar-refractivity contribution is 7.12. The summed E-state index contributed by atoms with van der Waals surface area (Å²) in [6.07, 6.45) is 0. The first-order chi connectivity index (χ1) is 14.9. The van der Waals surface area contributed by atoms with E-state index >= 15 is 0 Å². The third-order valence-corrected chi connectivity index (χ3v) is 6.40. The average molecular weight is 436 g/mol. The number of hydrogen-bond donors (Lipinski definition) is 2. The number of carboxylic acids is 1. The van der Waals surface area contributed by atoms with Crippen molar-refractivity contribution in [2.24, 2.45) is 0 Å². The number of carboxylic acid groups (broad SMARTS) is 1. The van der Waals surface area contributed by atoms with Gasteiger partial charge >= 0.3 is 5.97 Å². The molecule has 4 rings (SSSR count). The van der Waals surface area contributed by atoms with Crippen LogP contribution in [0.25, 0.3) is 0 Å². The molecule has 3 aromatic rings. The van der Waals surface area contributed by atoms with E-state index in [1.165, 1.54) is 22.6 Å². The van der Waals surface area contributed by atoms with Gasteiger partial charge in [-0.2, -0.15) is 0 Å². The third kappa shape index (κ3) is 4.56. The number of anilines is 3. The number of aryl methyl sites for hydroxylation is 1. The molecule has 160 valence electrons. The average Bonchev–Trinajstić information content (AvgIpc) is 3.29. The molecule has 0 aliphatic carbocycles. The number of nitrogens with one attached hydrogen (secondary N) is 1. The van der Waals surface area contributed by atoms with Gasteiger partial charge in [0.05, 0.1) is 16.1 Å². The van der Waals surface area contributed by atoms with Gasteiger partial charge in [-0.25, -0.2) is 4.79 Å². The molecule has 1 fully saturated rings. The predicted octanol–water partition coefficient (Wildman–Crippen LogP) is 4.72. The van der Waals surface area contributed by atoms with Gasteiger partial charge in [0.1, 0.15) is 0 Å². The van der Waals surface area contributed by atoms with Crippen LogP contribution in [0.2, 0.25) is 0 Å². The van der Waals surface area contributed by atoms with E-state index in [2.05, 4.69) is 53.2 Å². The fraction of sp³-hybridized carbons (Fsp3) is 0.250. The van der Waals surface area contributed by atoms with E-state index in [1.807, 2.05) is 11.4 Å². The summed E-state index contributed by atoms with van der Waals surface area (Å²) in [4.78, 5) is 29.4. The fourth-order valence-electron chi connectivity index (χ4n) is 4.03. The van der Waals surface area contributed by atoms with E-state index in [9.17, 15) is 14.7 Å².